The Morgan fingerprint density at radius 3 is 2.38 bits per heavy atom. The second-order valence-corrected chi connectivity index (χ2v) is 11.3. The number of ether oxygens (including phenoxy) is 4. The SMILES string of the molecule is COC(=O)/C=C/c1ccc(OC(=O)CCN(C(=O)c2ccc3c(c2)nc(CNc2ccc(C(=N)NC(=O)OC)cc2)n3C)c2ccccn2)c(OC)c1. The van der Waals surface area contributed by atoms with Crippen molar-refractivity contribution >= 4 is 58.4 Å². The summed E-state index contributed by atoms with van der Waals surface area (Å²) >= 11 is 0. The zero-order valence-corrected chi connectivity index (χ0v) is 29.4. The van der Waals surface area contributed by atoms with E-state index in [1.54, 1.807) is 85.1 Å². The molecule has 0 bridgehead atoms. The highest BCUT2D eigenvalue weighted by Gasteiger charge is 2.22. The second kappa shape index (κ2) is 17.3. The van der Waals surface area contributed by atoms with Gasteiger partial charge in [0.1, 0.15) is 17.5 Å². The maximum atomic E-state index is 14.0. The van der Waals surface area contributed by atoms with Gasteiger partial charge in [-0.2, -0.15) is 0 Å². The summed E-state index contributed by atoms with van der Waals surface area (Å²) in [4.78, 5) is 60.4. The predicted octanol–water partition coefficient (Wildman–Crippen LogP) is 5.10. The first-order valence-electron chi connectivity index (χ1n) is 16.2. The van der Waals surface area contributed by atoms with E-state index in [2.05, 4.69) is 25.1 Å². The lowest BCUT2D eigenvalue weighted by Gasteiger charge is -2.21. The number of carbonyl (C=O) groups excluding carboxylic acids is 4. The Morgan fingerprint density at radius 2 is 1.68 bits per heavy atom. The summed E-state index contributed by atoms with van der Waals surface area (Å²) in [6, 6.07) is 22.2. The van der Waals surface area contributed by atoms with Gasteiger partial charge in [-0.3, -0.25) is 25.2 Å². The monoisotopic (exact) mass is 719 g/mol. The van der Waals surface area contributed by atoms with Crippen molar-refractivity contribution in [3.8, 4) is 11.5 Å². The molecule has 0 unspecified atom stereocenters. The number of nitrogens with zero attached hydrogens (tertiary/aromatic N) is 4. The third-order valence-electron chi connectivity index (χ3n) is 7.99. The molecular formula is C38H37N7O8. The number of esters is 2. The van der Waals surface area contributed by atoms with Crippen molar-refractivity contribution in [3.63, 3.8) is 0 Å². The van der Waals surface area contributed by atoms with Crippen LogP contribution < -0.4 is 25.0 Å². The van der Waals surface area contributed by atoms with Crippen LogP contribution in [0, 0.1) is 5.41 Å². The number of amidine groups is 1. The molecule has 0 radical (unpaired) electrons. The lowest BCUT2D eigenvalue weighted by molar-refractivity contribution is -0.135. The molecule has 0 aliphatic carbocycles. The van der Waals surface area contributed by atoms with Gasteiger partial charge in [0.05, 0.1) is 45.3 Å². The van der Waals surface area contributed by atoms with Crippen LogP contribution in [-0.2, 0) is 32.7 Å². The Morgan fingerprint density at radius 1 is 0.906 bits per heavy atom. The summed E-state index contributed by atoms with van der Waals surface area (Å²) in [5, 5.41) is 13.6. The van der Waals surface area contributed by atoms with Crippen LogP contribution in [0.3, 0.4) is 0 Å². The highest BCUT2D eigenvalue weighted by molar-refractivity contribution is 6.07. The molecule has 272 valence electrons. The number of aromatic nitrogens is 3. The van der Waals surface area contributed by atoms with Crippen LogP contribution in [-0.4, -0.2) is 72.2 Å². The first-order valence-corrected chi connectivity index (χ1v) is 16.2. The minimum atomic E-state index is -0.720. The van der Waals surface area contributed by atoms with Gasteiger partial charge in [0, 0.05) is 42.7 Å². The van der Waals surface area contributed by atoms with Gasteiger partial charge >= 0.3 is 18.0 Å². The van der Waals surface area contributed by atoms with E-state index in [-0.39, 0.29) is 36.2 Å². The molecule has 2 heterocycles. The molecule has 5 rings (SSSR count). The van der Waals surface area contributed by atoms with Gasteiger partial charge < -0.3 is 28.8 Å². The van der Waals surface area contributed by atoms with Gasteiger partial charge in [-0.15, -0.1) is 0 Å². The number of aryl methyl sites for hydroxylation is 1. The van der Waals surface area contributed by atoms with E-state index in [4.69, 9.17) is 19.9 Å². The largest absolute Gasteiger partial charge is 0.493 e. The van der Waals surface area contributed by atoms with Crippen LogP contribution in [0.1, 0.15) is 33.7 Å². The zero-order chi connectivity index (χ0) is 37.9. The van der Waals surface area contributed by atoms with Crippen LogP contribution in [0.5, 0.6) is 11.5 Å². The molecule has 2 aromatic heterocycles. The number of benzene rings is 3. The molecule has 15 nitrogen and oxygen atoms in total. The van der Waals surface area contributed by atoms with E-state index < -0.39 is 18.0 Å². The van der Waals surface area contributed by atoms with Gasteiger partial charge in [0.15, 0.2) is 11.5 Å². The summed E-state index contributed by atoms with van der Waals surface area (Å²) in [5.74, 6) is -0.0420. The normalized spacial score (nSPS) is 10.8. The van der Waals surface area contributed by atoms with Crippen molar-refractivity contribution in [3.05, 3.63) is 114 Å². The summed E-state index contributed by atoms with van der Waals surface area (Å²) in [6.07, 6.45) is 3.50. The Balaban J connectivity index is 1.27. The molecule has 5 aromatic rings. The van der Waals surface area contributed by atoms with Gasteiger partial charge in [-0.1, -0.05) is 12.1 Å². The maximum absolute atomic E-state index is 14.0. The number of hydrogen-bond acceptors (Lipinski definition) is 12. The summed E-state index contributed by atoms with van der Waals surface area (Å²) in [5.41, 5.74) is 3.68. The molecule has 0 spiro atoms. The lowest BCUT2D eigenvalue weighted by atomic mass is 10.1. The van der Waals surface area contributed by atoms with Crippen molar-refractivity contribution in [1.29, 1.82) is 5.41 Å². The molecular weight excluding hydrogens is 682 g/mol. The van der Waals surface area contributed by atoms with E-state index in [0.717, 1.165) is 11.2 Å². The Kier molecular flexibility index (Phi) is 12.1. The van der Waals surface area contributed by atoms with Crippen molar-refractivity contribution in [2.75, 3.05) is 38.1 Å². The number of nitrogens with one attached hydrogen (secondary N) is 3. The zero-order valence-electron chi connectivity index (χ0n) is 29.4. The maximum Gasteiger partial charge on any atom is 0.412 e. The van der Waals surface area contributed by atoms with Crippen molar-refractivity contribution in [2.45, 2.75) is 13.0 Å². The van der Waals surface area contributed by atoms with Crippen LogP contribution in [0.15, 0.2) is 91.1 Å². The van der Waals surface area contributed by atoms with E-state index in [9.17, 15) is 19.2 Å². The van der Waals surface area contributed by atoms with E-state index in [0.29, 0.717) is 40.4 Å². The lowest BCUT2D eigenvalue weighted by Crippen LogP contribution is -2.34. The van der Waals surface area contributed by atoms with Crippen molar-refractivity contribution in [2.24, 2.45) is 7.05 Å². The predicted molar refractivity (Wildman–Crippen MR) is 197 cm³/mol. The van der Waals surface area contributed by atoms with Crippen molar-refractivity contribution in [1.82, 2.24) is 19.9 Å². The minimum Gasteiger partial charge on any atom is -0.493 e. The average molecular weight is 720 g/mol. The second-order valence-electron chi connectivity index (χ2n) is 11.3. The Hall–Kier alpha value is -7.03. The van der Waals surface area contributed by atoms with Crippen LogP contribution in [0.4, 0.5) is 16.3 Å². The molecule has 0 saturated carbocycles. The summed E-state index contributed by atoms with van der Waals surface area (Å²) < 4.78 is 22.0. The first-order chi connectivity index (χ1) is 25.6. The fraction of sp³-hybridized carbons (Fsp3) is 0.184. The highest BCUT2D eigenvalue weighted by Crippen LogP contribution is 2.29. The first kappa shape index (κ1) is 37.2. The van der Waals surface area contributed by atoms with E-state index in [1.807, 2.05) is 17.7 Å². The van der Waals surface area contributed by atoms with Gasteiger partial charge in [-0.25, -0.2) is 19.6 Å². The molecule has 53 heavy (non-hydrogen) atoms. The Bertz CT molecular complexity index is 2160. The molecule has 3 aromatic carbocycles. The van der Waals surface area contributed by atoms with Crippen LogP contribution in [0.25, 0.3) is 17.1 Å². The van der Waals surface area contributed by atoms with Crippen LogP contribution >= 0.6 is 0 Å². The average Bonchev–Trinajstić information content (AvgIpc) is 3.50. The number of imidazole rings is 1. The highest BCUT2D eigenvalue weighted by atomic mass is 16.6. The smallest absolute Gasteiger partial charge is 0.412 e. The number of methoxy groups -OCH3 is 3. The number of alkyl carbamates (subject to hydrolysis) is 1. The number of rotatable bonds is 13. The number of fused-ring (bicyclic) bond motifs is 1. The number of carbonyl (C=O) groups is 4. The Labute approximate surface area is 304 Å². The summed E-state index contributed by atoms with van der Waals surface area (Å²) in [7, 11) is 5.82. The minimum absolute atomic E-state index is 0.0244. The van der Waals surface area contributed by atoms with Gasteiger partial charge in [-0.05, 0) is 78.4 Å². The molecule has 0 fully saturated rings. The fourth-order valence-electron chi connectivity index (χ4n) is 5.17. The standard InChI is InChI=1S/C38H37N7O8/c1-44-29-15-12-26(22-28(29)42-33(44)23-41-27-13-10-25(11-14-27)36(39)43-38(49)52-4)37(48)45(32-7-5-6-19-40-32)20-18-35(47)53-30-16-8-24(21-31(30)50-2)9-17-34(46)51-3/h5-17,19,21-22,41H,18,20,23H2,1-4H3,(H2,39,43,49)/b17-9+. The third-order valence-corrected chi connectivity index (χ3v) is 7.99. The topological polar surface area (TPSA) is 187 Å². The molecule has 2 amide bonds. The molecule has 0 aliphatic heterocycles. The fourth-order valence-corrected chi connectivity index (χ4v) is 5.17. The number of pyridine rings is 1. The molecule has 0 aliphatic rings. The quantitative estimate of drug-likeness (QED) is 0.0483. The number of anilines is 2. The molecule has 0 atom stereocenters. The number of amides is 2. The van der Waals surface area contributed by atoms with Gasteiger partial charge in [0.2, 0.25) is 0 Å². The molecule has 3 N–H and O–H groups in total. The van der Waals surface area contributed by atoms with Crippen LogP contribution in [0.2, 0.25) is 0 Å². The van der Waals surface area contributed by atoms with Crippen molar-refractivity contribution < 1.29 is 38.1 Å². The molecule has 15 heteroatoms. The van der Waals surface area contributed by atoms with Gasteiger partial charge in [0.25, 0.3) is 5.91 Å². The molecule has 0 saturated heterocycles. The number of hydrogen-bond donors (Lipinski definition) is 3. The third kappa shape index (κ3) is 9.40. The van der Waals surface area contributed by atoms with E-state index >= 15 is 0 Å². The van der Waals surface area contributed by atoms with E-state index in [1.165, 1.54) is 32.3 Å². The summed E-state index contributed by atoms with van der Waals surface area (Å²) in [6.45, 7) is 0.342.